The summed E-state index contributed by atoms with van der Waals surface area (Å²) in [5.41, 5.74) is 4.89. The van der Waals surface area contributed by atoms with Crippen molar-refractivity contribution in [3.05, 3.63) is 84.0 Å². The van der Waals surface area contributed by atoms with Crippen LogP contribution in [0, 0.1) is 0 Å². The highest BCUT2D eigenvalue weighted by Gasteiger charge is 2.28. The van der Waals surface area contributed by atoms with Crippen LogP contribution in [0.4, 0.5) is 4.79 Å². The Morgan fingerprint density at radius 3 is 2.48 bits per heavy atom. The number of nitrogens with zero attached hydrogens (tertiary/aromatic N) is 1. The lowest BCUT2D eigenvalue weighted by Crippen LogP contribution is -2.26. The van der Waals surface area contributed by atoms with Crippen LogP contribution in [0.1, 0.15) is 29.3 Å². The van der Waals surface area contributed by atoms with Crippen molar-refractivity contribution in [3.63, 3.8) is 0 Å². The van der Waals surface area contributed by atoms with Gasteiger partial charge in [0.2, 0.25) is 0 Å². The normalized spacial score (nSPS) is 12.7. The van der Waals surface area contributed by atoms with Gasteiger partial charge in [-0.2, -0.15) is 0 Å². The Morgan fingerprint density at radius 1 is 1.11 bits per heavy atom. The van der Waals surface area contributed by atoms with Crippen LogP contribution in [0.15, 0.2) is 67.0 Å². The molecule has 0 unspecified atom stereocenters. The molecule has 5 nitrogen and oxygen atoms in total. The van der Waals surface area contributed by atoms with E-state index in [0.717, 1.165) is 5.82 Å². The summed E-state index contributed by atoms with van der Waals surface area (Å²) in [6.07, 6.45) is 7.65. The maximum atomic E-state index is 12.0. The molecule has 2 aromatic carbocycles. The molecule has 0 fully saturated rings. The van der Waals surface area contributed by atoms with Crippen LogP contribution in [0.5, 0.6) is 0 Å². The van der Waals surface area contributed by atoms with Crippen LogP contribution < -0.4 is 5.32 Å². The van der Waals surface area contributed by atoms with Gasteiger partial charge < -0.3 is 15.0 Å². The standard InChI is InChI=1S/C22H21N3O2/c26-22(25-12-6-5-11-21-23-13-14-24-21)27-15-20-18-9-3-1-7-16(18)17-8-2-4-10-19(17)20/h1-5,7-11,13-14,20H,6,12,15H2,(H,23,24)(H,25,26). The number of aromatic amines is 1. The van der Waals surface area contributed by atoms with Crippen LogP contribution in [0.3, 0.4) is 0 Å². The van der Waals surface area contributed by atoms with Crippen LogP contribution >= 0.6 is 0 Å². The summed E-state index contributed by atoms with van der Waals surface area (Å²) in [5, 5.41) is 2.79. The number of fused-ring (bicyclic) bond motifs is 3. The molecule has 0 atom stereocenters. The molecule has 1 aromatic heterocycles. The molecule has 1 amide bonds. The van der Waals surface area contributed by atoms with Crippen molar-refractivity contribution in [2.45, 2.75) is 12.3 Å². The van der Waals surface area contributed by atoms with E-state index < -0.39 is 0 Å². The van der Waals surface area contributed by atoms with E-state index in [1.54, 1.807) is 12.4 Å². The smallest absolute Gasteiger partial charge is 0.407 e. The first-order chi connectivity index (χ1) is 13.3. The van der Waals surface area contributed by atoms with Crippen molar-refractivity contribution in [2.24, 2.45) is 0 Å². The Morgan fingerprint density at radius 2 is 1.81 bits per heavy atom. The van der Waals surface area contributed by atoms with E-state index >= 15 is 0 Å². The highest BCUT2D eigenvalue weighted by atomic mass is 16.5. The highest BCUT2D eigenvalue weighted by Crippen LogP contribution is 2.44. The third kappa shape index (κ3) is 3.77. The van der Waals surface area contributed by atoms with Crippen molar-refractivity contribution in [2.75, 3.05) is 13.2 Å². The zero-order chi connectivity index (χ0) is 18.5. The molecule has 5 heteroatoms. The fraction of sp³-hybridized carbons (Fsp3) is 0.182. The van der Waals surface area contributed by atoms with E-state index in [1.807, 2.05) is 36.4 Å². The SMILES string of the molecule is O=C(NCCC=Cc1ncc[nH]1)OCC1c2ccccc2-c2ccccc21. The number of nitrogens with one attached hydrogen (secondary N) is 2. The lowest BCUT2D eigenvalue weighted by molar-refractivity contribution is 0.143. The van der Waals surface area contributed by atoms with Crippen molar-refractivity contribution in [1.82, 2.24) is 15.3 Å². The number of alkyl carbamates (subject to hydrolysis) is 1. The second kappa shape index (κ2) is 7.91. The molecule has 0 radical (unpaired) electrons. The topological polar surface area (TPSA) is 67.0 Å². The first kappa shape index (κ1) is 17.1. The zero-order valence-electron chi connectivity index (χ0n) is 14.9. The Bertz CT molecular complexity index is 902. The van der Waals surface area contributed by atoms with Crippen LogP contribution in [-0.4, -0.2) is 29.2 Å². The van der Waals surface area contributed by atoms with Gasteiger partial charge in [-0.25, -0.2) is 9.78 Å². The highest BCUT2D eigenvalue weighted by molar-refractivity contribution is 5.79. The molecule has 0 spiro atoms. The number of aromatic nitrogens is 2. The van der Waals surface area contributed by atoms with Crippen molar-refractivity contribution < 1.29 is 9.53 Å². The lowest BCUT2D eigenvalue weighted by atomic mass is 9.98. The summed E-state index contributed by atoms with van der Waals surface area (Å²) in [4.78, 5) is 19.1. The predicted octanol–water partition coefficient (Wildman–Crippen LogP) is 4.35. The molecule has 2 N–H and O–H groups in total. The number of ether oxygens (including phenoxy) is 1. The Balaban J connectivity index is 1.30. The van der Waals surface area contributed by atoms with Gasteiger partial charge in [0.1, 0.15) is 12.4 Å². The number of benzene rings is 2. The molecule has 3 aromatic rings. The summed E-state index contributed by atoms with van der Waals surface area (Å²) >= 11 is 0. The number of H-pyrrole nitrogens is 1. The number of carbonyl (C=O) groups excluding carboxylic acids is 1. The molecule has 4 rings (SSSR count). The fourth-order valence-corrected chi connectivity index (χ4v) is 3.47. The van der Waals surface area contributed by atoms with Crippen molar-refractivity contribution in [3.8, 4) is 11.1 Å². The van der Waals surface area contributed by atoms with E-state index in [1.165, 1.54) is 22.3 Å². The largest absolute Gasteiger partial charge is 0.449 e. The second-order valence-corrected chi connectivity index (χ2v) is 6.42. The molecule has 1 aliphatic rings. The molecule has 1 heterocycles. The van der Waals surface area contributed by atoms with Crippen LogP contribution in [-0.2, 0) is 4.74 Å². The number of hydrogen-bond acceptors (Lipinski definition) is 3. The monoisotopic (exact) mass is 359 g/mol. The molecular weight excluding hydrogens is 338 g/mol. The number of amides is 1. The molecule has 0 aliphatic heterocycles. The van der Waals surface area contributed by atoms with Gasteiger partial charge in [-0.15, -0.1) is 0 Å². The average molecular weight is 359 g/mol. The molecule has 27 heavy (non-hydrogen) atoms. The molecule has 1 aliphatic carbocycles. The quantitative estimate of drug-likeness (QED) is 0.643. The maximum Gasteiger partial charge on any atom is 0.407 e. The van der Waals surface area contributed by atoms with Gasteiger partial charge >= 0.3 is 6.09 Å². The van der Waals surface area contributed by atoms with Crippen molar-refractivity contribution >= 4 is 12.2 Å². The predicted molar refractivity (Wildman–Crippen MR) is 105 cm³/mol. The van der Waals surface area contributed by atoms with Gasteiger partial charge in [-0.05, 0) is 34.8 Å². The minimum absolute atomic E-state index is 0.0852. The molecule has 0 saturated heterocycles. The fourth-order valence-electron chi connectivity index (χ4n) is 3.47. The van der Waals surface area contributed by atoms with E-state index in [0.29, 0.717) is 19.6 Å². The maximum absolute atomic E-state index is 12.0. The minimum atomic E-state index is -0.386. The summed E-state index contributed by atoms with van der Waals surface area (Å²) in [6.45, 7) is 0.857. The van der Waals surface area contributed by atoms with E-state index in [-0.39, 0.29) is 12.0 Å². The van der Waals surface area contributed by atoms with Crippen LogP contribution in [0.25, 0.3) is 17.2 Å². The molecule has 0 bridgehead atoms. The van der Waals surface area contributed by atoms with Gasteiger partial charge in [0.15, 0.2) is 0 Å². The molecule has 136 valence electrons. The van der Waals surface area contributed by atoms with Gasteiger partial charge in [-0.1, -0.05) is 54.6 Å². The first-order valence-corrected chi connectivity index (χ1v) is 9.07. The number of rotatable bonds is 6. The Hall–Kier alpha value is -3.34. The van der Waals surface area contributed by atoms with Gasteiger partial charge in [0, 0.05) is 24.9 Å². The summed E-state index contributed by atoms with van der Waals surface area (Å²) in [7, 11) is 0. The summed E-state index contributed by atoms with van der Waals surface area (Å²) < 4.78 is 5.50. The average Bonchev–Trinajstić information content (AvgIpc) is 3.32. The van der Waals surface area contributed by atoms with E-state index in [9.17, 15) is 4.79 Å². The van der Waals surface area contributed by atoms with Crippen LogP contribution in [0.2, 0.25) is 0 Å². The van der Waals surface area contributed by atoms with E-state index in [2.05, 4.69) is 39.6 Å². The van der Waals surface area contributed by atoms with Gasteiger partial charge in [0.25, 0.3) is 0 Å². The van der Waals surface area contributed by atoms with Gasteiger partial charge in [0.05, 0.1) is 0 Å². The number of carbonyl (C=O) groups is 1. The molecule has 0 saturated carbocycles. The van der Waals surface area contributed by atoms with Gasteiger partial charge in [-0.3, -0.25) is 0 Å². The lowest BCUT2D eigenvalue weighted by Gasteiger charge is -2.14. The Labute approximate surface area is 158 Å². The summed E-state index contributed by atoms with van der Waals surface area (Å²) in [5.74, 6) is 0.887. The number of hydrogen-bond donors (Lipinski definition) is 2. The third-order valence-electron chi connectivity index (χ3n) is 4.72. The van der Waals surface area contributed by atoms with Crippen molar-refractivity contribution in [1.29, 1.82) is 0 Å². The summed E-state index contributed by atoms with van der Waals surface area (Å²) in [6, 6.07) is 16.6. The Kier molecular flexibility index (Phi) is 5.01. The minimum Gasteiger partial charge on any atom is -0.449 e. The van der Waals surface area contributed by atoms with E-state index in [4.69, 9.17) is 4.74 Å². The first-order valence-electron chi connectivity index (χ1n) is 9.07. The number of imidazole rings is 1. The molecular formula is C22H21N3O2. The second-order valence-electron chi connectivity index (χ2n) is 6.42. The third-order valence-corrected chi connectivity index (χ3v) is 4.72. The zero-order valence-corrected chi connectivity index (χ0v) is 14.9.